The van der Waals surface area contributed by atoms with Crippen LogP contribution in [0.1, 0.15) is 64.0 Å². The zero-order chi connectivity index (χ0) is 20.6. The zero-order valence-electron chi connectivity index (χ0n) is 17.0. The van der Waals surface area contributed by atoms with Crippen LogP contribution in [0.4, 0.5) is 0 Å². The maximum absolute atomic E-state index is 12.9. The van der Waals surface area contributed by atoms with Crippen molar-refractivity contribution < 1.29 is 19.5 Å². The Labute approximate surface area is 167 Å². The van der Waals surface area contributed by atoms with Crippen molar-refractivity contribution in [3.8, 4) is 0 Å². The average Bonchev–Trinajstić information content (AvgIpc) is 3.17. The van der Waals surface area contributed by atoms with Crippen molar-refractivity contribution in [2.24, 2.45) is 5.92 Å². The number of esters is 1. The van der Waals surface area contributed by atoms with E-state index in [1.165, 1.54) is 6.08 Å². The van der Waals surface area contributed by atoms with E-state index in [4.69, 9.17) is 9.94 Å². The minimum Gasteiger partial charge on any atom is -0.461 e. The number of carbonyl (C=O) groups excluding carboxylic acids is 2. The summed E-state index contributed by atoms with van der Waals surface area (Å²) in [5.41, 5.74) is 2.71. The van der Waals surface area contributed by atoms with Crippen molar-refractivity contribution in [2.45, 2.75) is 71.1 Å². The lowest BCUT2D eigenvalue weighted by Crippen LogP contribution is -2.51. The zero-order valence-corrected chi connectivity index (χ0v) is 17.0. The Bertz CT molecular complexity index is 678. The van der Waals surface area contributed by atoms with Crippen LogP contribution in [0.5, 0.6) is 0 Å². The standard InChI is InChI=1S/C22H32N2O4/c1-16(2)14-22(3,21(26)28-19-6-4-5-7-19)23-15-18-10-8-17(9-11-18)12-13-20(25)24-27/h8-13,16,19,23,27H,4-7,14-15H2,1-3H3,(H,24,25)/t22-/m0/s1. The lowest BCUT2D eigenvalue weighted by Gasteiger charge is -2.31. The van der Waals surface area contributed by atoms with Crippen molar-refractivity contribution in [2.75, 3.05) is 0 Å². The summed E-state index contributed by atoms with van der Waals surface area (Å²) >= 11 is 0. The first-order valence-electron chi connectivity index (χ1n) is 9.99. The Morgan fingerprint density at radius 3 is 2.46 bits per heavy atom. The van der Waals surface area contributed by atoms with E-state index in [2.05, 4.69) is 19.2 Å². The Balaban J connectivity index is 1.99. The molecule has 1 aliphatic rings. The molecule has 0 unspecified atom stereocenters. The largest absolute Gasteiger partial charge is 0.461 e. The number of hydrogen-bond acceptors (Lipinski definition) is 5. The van der Waals surface area contributed by atoms with Crippen LogP contribution in [0.3, 0.4) is 0 Å². The van der Waals surface area contributed by atoms with Crippen LogP contribution in [0.15, 0.2) is 30.3 Å². The van der Waals surface area contributed by atoms with Gasteiger partial charge in [-0.2, -0.15) is 0 Å². The number of amides is 1. The highest BCUT2D eigenvalue weighted by Gasteiger charge is 2.37. The third-order valence-corrected chi connectivity index (χ3v) is 5.04. The number of rotatable bonds is 9. The number of nitrogens with one attached hydrogen (secondary N) is 2. The highest BCUT2D eigenvalue weighted by atomic mass is 16.5. The summed E-state index contributed by atoms with van der Waals surface area (Å²) in [5.74, 6) is -0.377. The first-order valence-corrected chi connectivity index (χ1v) is 9.99. The van der Waals surface area contributed by atoms with E-state index in [-0.39, 0.29) is 12.1 Å². The first kappa shape index (κ1) is 22.1. The molecule has 1 amide bonds. The second-order valence-electron chi connectivity index (χ2n) is 8.15. The molecule has 28 heavy (non-hydrogen) atoms. The van der Waals surface area contributed by atoms with Crippen molar-refractivity contribution in [3.05, 3.63) is 41.5 Å². The lowest BCUT2D eigenvalue weighted by atomic mass is 9.90. The van der Waals surface area contributed by atoms with E-state index in [1.54, 1.807) is 11.6 Å². The van der Waals surface area contributed by atoms with Gasteiger partial charge in [-0.15, -0.1) is 0 Å². The van der Waals surface area contributed by atoms with Gasteiger partial charge in [-0.1, -0.05) is 38.1 Å². The summed E-state index contributed by atoms with van der Waals surface area (Å²) in [6.07, 6.45) is 7.83. The monoisotopic (exact) mass is 388 g/mol. The van der Waals surface area contributed by atoms with Gasteiger partial charge in [0, 0.05) is 12.6 Å². The Kier molecular flexibility index (Phi) is 8.20. The minimum absolute atomic E-state index is 0.0583. The summed E-state index contributed by atoms with van der Waals surface area (Å²) in [6, 6.07) is 7.66. The Hall–Kier alpha value is -2.18. The number of benzene rings is 1. The summed E-state index contributed by atoms with van der Waals surface area (Å²) in [7, 11) is 0. The van der Waals surface area contributed by atoms with Crippen molar-refractivity contribution in [1.82, 2.24) is 10.8 Å². The van der Waals surface area contributed by atoms with E-state index in [1.807, 2.05) is 31.2 Å². The summed E-state index contributed by atoms with van der Waals surface area (Å²) in [5, 5.41) is 11.9. The summed E-state index contributed by atoms with van der Waals surface area (Å²) < 4.78 is 5.78. The topological polar surface area (TPSA) is 87.7 Å². The molecule has 1 atom stereocenters. The van der Waals surface area contributed by atoms with Crippen LogP contribution in [0.2, 0.25) is 0 Å². The average molecular weight is 389 g/mol. The molecule has 0 heterocycles. The smallest absolute Gasteiger partial charge is 0.326 e. The van der Waals surface area contributed by atoms with E-state index >= 15 is 0 Å². The van der Waals surface area contributed by atoms with Crippen LogP contribution >= 0.6 is 0 Å². The fourth-order valence-electron chi connectivity index (χ4n) is 3.58. The fourth-order valence-corrected chi connectivity index (χ4v) is 3.58. The molecule has 1 fully saturated rings. The van der Waals surface area contributed by atoms with Gasteiger partial charge < -0.3 is 4.74 Å². The van der Waals surface area contributed by atoms with Crippen LogP contribution in [-0.4, -0.2) is 28.7 Å². The normalized spacial score (nSPS) is 17.0. The molecule has 0 saturated heterocycles. The van der Waals surface area contributed by atoms with Crippen LogP contribution in [0, 0.1) is 5.92 Å². The molecule has 0 aliphatic heterocycles. The van der Waals surface area contributed by atoms with Gasteiger partial charge in [-0.3, -0.25) is 20.1 Å². The van der Waals surface area contributed by atoms with Gasteiger partial charge in [0.15, 0.2) is 0 Å². The molecule has 1 aromatic rings. The molecule has 2 rings (SSSR count). The predicted octanol–water partition coefficient (Wildman–Crippen LogP) is 3.59. The molecule has 3 N–H and O–H groups in total. The molecule has 6 nitrogen and oxygen atoms in total. The van der Waals surface area contributed by atoms with E-state index in [9.17, 15) is 9.59 Å². The maximum atomic E-state index is 12.9. The third kappa shape index (κ3) is 6.77. The maximum Gasteiger partial charge on any atom is 0.326 e. The molecule has 0 bridgehead atoms. The number of carbonyl (C=O) groups is 2. The highest BCUT2D eigenvalue weighted by molar-refractivity contribution is 5.90. The lowest BCUT2D eigenvalue weighted by molar-refractivity contribution is -0.157. The molecule has 0 aromatic heterocycles. The van der Waals surface area contributed by atoms with Gasteiger partial charge in [-0.05, 0) is 62.1 Å². The van der Waals surface area contributed by atoms with E-state index in [0.717, 1.165) is 36.8 Å². The molecule has 0 radical (unpaired) electrons. The fraction of sp³-hybridized carbons (Fsp3) is 0.545. The Morgan fingerprint density at radius 1 is 1.25 bits per heavy atom. The van der Waals surface area contributed by atoms with Gasteiger partial charge >= 0.3 is 5.97 Å². The SMILES string of the molecule is CC(C)C[C@](C)(NCc1ccc(C=CC(=O)NO)cc1)C(=O)OC1CCCC1. The van der Waals surface area contributed by atoms with Crippen LogP contribution in [-0.2, 0) is 20.9 Å². The predicted molar refractivity (Wildman–Crippen MR) is 108 cm³/mol. The summed E-state index contributed by atoms with van der Waals surface area (Å²) in [4.78, 5) is 23.9. The Morgan fingerprint density at radius 2 is 1.89 bits per heavy atom. The summed E-state index contributed by atoms with van der Waals surface area (Å²) in [6.45, 7) is 6.68. The van der Waals surface area contributed by atoms with Crippen LogP contribution < -0.4 is 10.8 Å². The number of ether oxygens (including phenoxy) is 1. The van der Waals surface area contributed by atoms with E-state index in [0.29, 0.717) is 18.9 Å². The third-order valence-electron chi connectivity index (χ3n) is 5.04. The molecule has 154 valence electrons. The van der Waals surface area contributed by atoms with Crippen molar-refractivity contribution in [3.63, 3.8) is 0 Å². The quantitative estimate of drug-likeness (QED) is 0.260. The van der Waals surface area contributed by atoms with Crippen LogP contribution in [0.25, 0.3) is 6.08 Å². The first-order chi connectivity index (χ1) is 13.3. The highest BCUT2D eigenvalue weighted by Crippen LogP contribution is 2.25. The molecular formula is C22H32N2O4. The molecule has 1 aromatic carbocycles. The molecule has 0 spiro atoms. The molecule has 6 heteroatoms. The minimum atomic E-state index is -0.728. The molecule has 1 saturated carbocycles. The number of hydroxylamine groups is 1. The number of hydrogen-bond donors (Lipinski definition) is 3. The van der Waals surface area contributed by atoms with Gasteiger partial charge in [0.2, 0.25) is 0 Å². The van der Waals surface area contributed by atoms with Crippen molar-refractivity contribution >= 4 is 18.0 Å². The molecule has 1 aliphatic carbocycles. The van der Waals surface area contributed by atoms with Crippen molar-refractivity contribution in [1.29, 1.82) is 0 Å². The van der Waals surface area contributed by atoms with Gasteiger partial charge in [0.1, 0.15) is 11.6 Å². The second-order valence-corrected chi connectivity index (χ2v) is 8.15. The van der Waals surface area contributed by atoms with Gasteiger partial charge in [-0.25, -0.2) is 5.48 Å². The van der Waals surface area contributed by atoms with Gasteiger partial charge in [0.25, 0.3) is 5.91 Å². The van der Waals surface area contributed by atoms with E-state index < -0.39 is 11.4 Å². The molecular weight excluding hydrogens is 356 g/mol. The second kappa shape index (κ2) is 10.4. The van der Waals surface area contributed by atoms with Gasteiger partial charge in [0.05, 0.1) is 0 Å².